The van der Waals surface area contributed by atoms with Crippen LogP contribution in [0, 0.1) is 0 Å². The normalized spacial score (nSPS) is 24.9. The Kier molecular flexibility index (Phi) is 4.49. The zero-order valence-electron chi connectivity index (χ0n) is 12.2. The predicted octanol–water partition coefficient (Wildman–Crippen LogP) is 4.29. The summed E-state index contributed by atoms with van der Waals surface area (Å²) < 4.78 is 12.0. The number of rotatable bonds is 4. The highest BCUT2D eigenvalue weighted by molar-refractivity contribution is 5.23. The van der Waals surface area contributed by atoms with Crippen molar-refractivity contribution in [1.29, 1.82) is 0 Å². The summed E-state index contributed by atoms with van der Waals surface area (Å²) in [6, 6.07) is 20.5. The van der Waals surface area contributed by atoms with Gasteiger partial charge in [-0.2, -0.15) is 0 Å². The summed E-state index contributed by atoms with van der Waals surface area (Å²) in [4.78, 5) is 0. The van der Waals surface area contributed by atoms with E-state index in [0.29, 0.717) is 6.61 Å². The maximum atomic E-state index is 6.06. The van der Waals surface area contributed by atoms with Crippen molar-refractivity contribution in [3.63, 3.8) is 0 Å². The topological polar surface area (TPSA) is 18.5 Å². The van der Waals surface area contributed by atoms with E-state index in [9.17, 15) is 0 Å². The van der Waals surface area contributed by atoms with E-state index in [4.69, 9.17) is 9.47 Å². The minimum Gasteiger partial charge on any atom is -0.367 e. The minimum atomic E-state index is 0.00479. The molecule has 2 aromatic carbocycles. The zero-order chi connectivity index (χ0) is 14.5. The fourth-order valence-corrected chi connectivity index (χ4v) is 2.51. The maximum Gasteiger partial charge on any atom is 0.102 e. The van der Waals surface area contributed by atoms with E-state index >= 15 is 0 Å². The maximum absolute atomic E-state index is 6.06. The van der Waals surface area contributed by atoms with Crippen LogP contribution in [0.3, 0.4) is 0 Å². The molecular formula is C19H20O2. The van der Waals surface area contributed by atoms with Gasteiger partial charge in [-0.15, -0.1) is 0 Å². The lowest BCUT2D eigenvalue weighted by Crippen LogP contribution is -2.31. The van der Waals surface area contributed by atoms with Gasteiger partial charge in [0.2, 0.25) is 0 Å². The second kappa shape index (κ2) is 6.70. The molecule has 0 saturated carbocycles. The van der Waals surface area contributed by atoms with E-state index in [1.165, 1.54) is 11.1 Å². The average Bonchev–Trinajstić information content (AvgIpc) is 2.55. The molecule has 0 spiro atoms. The standard InChI is InChI=1S/C19H20O2/c1-15-18(20-14-16-8-4-2-5-9-16)12-13-19(21-15)17-10-6-3-7-11-17/h2-13,15,18-19H,14H2,1H3/t15-,18+,19-/m0/s1. The summed E-state index contributed by atoms with van der Waals surface area (Å²) in [5.41, 5.74) is 2.37. The van der Waals surface area contributed by atoms with Crippen LogP contribution in [0.2, 0.25) is 0 Å². The van der Waals surface area contributed by atoms with Crippen molar-refractivity contribution in [2.45, 2.75) is 31.8 Å². The average molecular weight is 280 g/mol. The Hall–Kier alpha value is -1.90. The molecule has 0 unspecified atom stereocenters. The lowest BCUT2D eigenvalue weighted by Gasteiger charge is -2.30. The Morgan fingerprint density at radius 3 is 2.24 bits per heavy atom. The number of hydrogen-bond donors (Lipinski definition) is 0. The largest absolute Gasteiger partial charge is 0.367 e. The summed E-state index contributed by atoms with van der Waals surface area (Å²) in [5.74, 6) is 0. The van der Waals surface area contributed by atoms with Crippen molar-refractivity contribution >= 4 is 0 Å². The van der Waals surface area contributed by atoms with E-state index in [1.54, 1.807) is 0 Å². The van der Waals surface area contributed by atoms with Gasteiger partial charge in [0.05, 0.1) is 12.7 Å². The molecule has 0 amide bonds. The molecule has 0 radical (unpaired) electrons. The lowest BCUT2D eigenvalue weighted by molar-refractivity contribution is -0.0799. The van der Waals surface area contributed by atoms with Gasteiger partial charge in [0.25, 0.3) is 0 Å². The molecule has 0 aliphatic carbocycles. The number of hydrogen-bond acceptors (Lipinski definition) is 2. The smallest absolute Gasteiger partial charge is 0.102 e. The van der Waals surface area contributed by atoms with Crippen LogP contribution in [-0.2, 0) is 16.1 Å². The first-order chi connectivity index (χ1) is 10.3. The summed E-state index contributed by atoms with van der Waals surface area (Å²) in [5, 5.41) is 0. The Balaban J connectivity index is 1.61. The monoisotopic (exact) mass is 280 g/mol. The van der Waals surface area contributed by atoms with Crippen LogP contribution in [0.4, 0.5) is 0 Å². The molecule has 0 bridgehead atoms. The van der Waals surface area contributed by atoms with Crippen LogP contribution in [0.1, 0.15) is 24.2 Å². The molecule has 0 N–H and O–H groups in total. The first kappa shape index (κ1) is 14.1. The third-order valence-corrected chi connectivity index (χ3v) is 3.71. The van der Waals surface area contributed by atoms with Crippen LogP contribution in [-0.4, -0.2) is 12.2 Å². The van der Waals surface area contributed by atoms with Gasteiger partial charge in [0.1, 0.15) is 12.2 Å². The highest BCUT2D eigenvalue weighted by Crippen LogP contribution is 2.27. The van der Waals surface area contributed by atoms with E-state index in [0.717, 1.165) is 0 Å². The molecule has 0 aromatic heterocycles. The van der Waals surface area contributed by atoms with Crippen LogP contribution >= 0.6 is 0 Å². The van der Waals surface area contributed by atoms with Crippen molar-refractivity contribution < 1.29 is 9.47 Å². The van der Waals surface area contributed by atoms with Crippen molar-refractivity contribution in [1.82, 2.24) is 0 Å². The molecule has 0 fully saturated rings. The number of benzene rings is 2. The first-order valence-corrected chi connectivity index (χ1v) is 7.37. The summed E-state index contributed by atoms with van der Waals surface area (Å²) >= 11 is 0. The molecule has 2 aromatic rings. The summed E-state index contributed by atoms with van der Waals surface area (Å²) in [6.07, 6.45) is 4.28. The Labute approximate surface area is 126 Å². The van der Waals surface area contributed by atoms with E-state index in [1.807, 2.05) is 36.4 Å². The molecule has 1 heterocycles. The van der Waals surface area contributed by atoms with Crippen molar-refractivity contribution in [3.8, 4) is 0 Å². The zero-order valence-corrected chi connectivity index (χ0v) is 12.2. The third kappa shape index (κ3) is 3.60. The van der Waals surface area contributed by atoms with Gasteiger partial charge >= 0.3 is 0 Å². The highest BCUT2D eigenvalue weighted by atomic mass is 16.5. The molecule has 2 heteroatoms. The second-order valence-electron chi connectivity index (χ2n) is 5.32. The van der Waals surface area contributed by atoms with Gasteiger partial charge in [-0.3, -0.25) is 0 Å². The van der Waals surface area contributed by atoms with Crippen LogP contribution in [0.15, 0.2) is 72.8 Å². The van der Waals surface area contributed by atoms with E-state index in [-0.39, 0.29) is 18.3 Å². The summed E-state index contributed by atoms with van der Waals surface area (Å²) in [6.45, 7) is 2.68. The molecule has 21 heavy (non-hydrogen) atoms. The van der Waals surface area contributed by atoms with Gasteiger partial charge < -0.3 is 9.47 Å². The van der Waals surface area contributed by atoms with Crippen LogP contribution < -0.4 is 0 Å². The van der Waals surface area contributed by atoms with Crippen molar-refractivity contribution in [2.75, 3.05) is 0 Å². The molecule has 3 atom stereocenters. The molecule has 1 aliphatic heterocycles. The van der Waals surface area contributed by atoms with Crippen LogP contribution in [0.25, 0.3) is 0 Å². The van der Waals surface area contributed by atoms with Gasteiger partial charge in [0, 0.05) is 0 Å². The molecule has 2 nitrogen and oxygen atoms in total. The molecule has 3 rings (SSSR count). The van der Waals surface area contributed by atoms with Gasteiger partial charge in [-0.25, -0.2) is 0 Å². The Bertz CT molecular complexity index is 577. The van der Waals surface area contributed by atoms with Crippen molar-refractivity contribution in [2.24, 2.45) is 0 Å². The van der Waals surface area contributed by atoms with E-state index in [2.05, 4.69) is 43.3 Å². The first-order valence-electron chi connectivity index (χ1n) is 7.37. The summed E-state index contributed by atoms with van der Waals surface area (Å²) in [7, 11) is 0. The fourth-order valence-electron chi connectivity index (χ4n) is 2.51. The molecule has 108 valence electrons. The van der Waals surface area contributed by atoms with Gasteiger partial charge in [-0.05, 0) is 18.1 Å². The highest BCUT2D eigenvalue weighted by Gasteiger charge is 2.24. The minimum absolute atomic E-state index is 0.00479. The fraction of sp³-hybridized carbons (Fsp3) is 0.263. The SMILES string of the molecule is C[C@@H]1O[C@H](c2ccccc2)C=C[C@H]1OCc1ccccc1. The quantitative estimate of drug-likeness (QED) is 0.778. The molecule has 0 saturated heterocycles. The molecular weight excluding hydrogens is 260 g/mol. The van der Waals surface area contributed by atoms with E-state index < -0.39 is 0 Å². The lowest BCUT2D eigenvalue weighted by atomic mass is 10.0. The Morgan fingerprint density at radius 1 is 0.905 bits per heavy atom. The predicted molar refractivity (Wildman–Crippen MR) is 83.9 cm³/mol. The second-order valence-corrected chi connectivity index (χ2v) is 5.32. The third-order valence-electron chi connectivity index (χ3n) is 3.71. The van der Waals surface area contributed by atoms with Crippen LogP contribution in [0.5, 0.6) is 0 Å². The van der Waals surface area contributed by atoms with Crippen molar-refractivity contribution in [3.05, 3.63) is 83.9 Å². The number of ether oxygens (including phenoxy) is 2. The van der Waals surface area contributed by atoms with Gasteiger partial charge in [-0.1, -0.05) is 72.8 Å². The Morgan fingerprint density at radius 2 is 1.57 bits per heavy atom. The van der Waals surface area contributed by atoms with Gasteiger partial charge in [0.15, 0.2) is 0 Å². The molecule has 1 aliphatic rings.